The van der Waals surface area contributed by atoms with Crippen molar-refractivity contribution in [3.63, 3.8) is 0 Å². The molecule has 1 aliphatic carbocycles. The fourth-order valence-electron chi connectivity index (χ4n) is 2.80. The Morgan fingerprint density at radius 3 is 3.10 bits per heavy atom. The van der Waals surface area contributed by atoms with Crippen LogP contribution in [-0.4, -0.2) is 25.5 Å². The second-order valence-corrected chi connectivity index (χ2v) is 5.31. The van der Waals surface area contributed by atoms with Gasteiger partial charge in [0.15, 0.2) is 0 Å². The zero-order chi connectivity index (χ0) is 14.1. The van der Waals surface area contributed by atoms with Crippen molar-refractivity contribution in [2.45, 2.75) is 38.8 Å². The van der Waals surface area contributed by atoms with Crippen LogP contribution in [0.1, 0.15) is 35.8 Å². The van der Waals surface area contributed by atoms with E-state index in [4.69, 9.17) is 0 Å². The van der Waals surface area contributed by atoms with Crippen molar-refractivity contribution in [2.24, 2.45) is 7.05 Å². The first-order valence-corrected chi connectivity index (χ1v) is 6.93. The van der Waals surface area contributed by atoms with Crippen LogP contribution in [0, 0.1) is 6.92 Å². The zero-order valence-electron chi connectivity index (χ0n) is 11.8. The van der Waals surface area contributed by atoms with Gasteiger partial charge in [0.05, 0.1) is 12.2 Å². The van der Waals surface area contributed by atoms with E-state index in [1.807, 2.05) is 30.9 Å². The Balaban J connectivity index is 1.69. The summed E-state index contributed by atoms with van der Waals surface area (Å²) in [6.07, 6.45) is 6.68. The lowest BCUT2D eigenvalue weighted by atomic mass is 9.93. The fourth-order valence-corrected chi connectivity index (χ4v) is 2.80. The summed E-state index contributed by atoms with van der Waals surface area (Å²) in [6.45, 7) is 2.21. The van der Waals surface area contributed by atoms with Crippen LogP contribution in [0.2, 0.25) is 0 Å². The Morgan fingerprint density at radius 1 is 1.50 bits per heavy atom. The Bertz CT molecular complexity index is 627. The summed E-state index contributed by atoms with van der Waals surface area (Å²) >= 11 is 0. The molecule has 3 rings (SSSR count). The first-order chi connectivity index (χ1) is 9.65. The number of fused-ring (bicyclic) bond motifs is 1. The summed E-state index contributed by atoms with van der Waals surface area (Å²) in [5.41, 5.74) is 3.38. The predicted molar refractivity (Wildman–Crippen MR) is 74.0 cm³/mol. The average molecular weight is 273 g/mol. The van der Waals surface area contributed by atoms with E-state index in [9.17, 15) is 4.79 Å². The van der Waals surface area contributed by atoms with E-state index in [2.05, 4.69) is 15.5 Å². The van der Waals surface area contributed by atoms with Gasteiger partial charge in [0, 0.05) is 30.2 Å². The number of carbonyl (C=O) groups excluding carboxylic acids is 1. The Kier molecular flexibility index (Phi) is 3.30. The minimum atomic E-state index is -0.00139. The third-order valence-electron chi connectivity index (χ3n) is 3.93. The van der Waals surface area contributed by atoms with Crippen LogP contribution in [0.25, 0.3) is 0 Å². The first kappa shape index (κ1) is 12.9. The highest BCUT2D eigenvalue weighted by Crippen LogP contribution is 2.28. The smallest absolute Gasteiger partial charge is 0.242 e. The molecule has 20 heavy (non-hydrogen) atoms. The van der Waals surface area contributed by atoms with Gasteiger partial charge in [0.2, 0.25) is 5.91 Å². The maximum Gasteiger partial charge on any atom is 0.242 e. The predicted octanol–water partition coefficient (Wildman–Crippen LogP) is 1.12. The lowest BCUT2D eigenvalue weighted by Crippen LogP contribution is -2.33. The van der Waals surface area contributed by atoms with Crippen LogP contribution in [-0.2, 0) is 24.8 Å². The largest absolute Gasteiger partial charge is 0.348 e. The number of hydrogen-bond donors (Lipinski definition) is 1. The van der Waals surface area contributed by atoms with Crippen LogP contribution in [0.5, 0.6) is 0 Å². The Labute approximate surface area is 117 Å². The highest BCUT2D eigenvalue weighted by atomic mass is 16.2. The van der Waals surface area contributed by atoms with Crippen molar-refractivity contribution in [3.8, 4) is 0 Å². The van der Waals surface area contributed by atoms with E-state index in [1.165, 1.54) is 5.69 Å². The number of hydrogen-bond acceptors (Lipinski definition) is 3. The Hall–Kier alpha value is -2.11. The van der Waals surface area contributed by atoms with E-state index in [-0.39, 0.29) is 18.5 Å². The summed E-state index contributed by atoms with van der Waals surface area (Å²) in [5, 5.41) is 11.5. The maximum atomic E-state index is 12.1. The van der Waals surface area contributed by atoms with Gasteiger partial charge in [0.1, 0.15) is 6.54 Å². The molecule has 1 N–H and O–H groups in total. The number of nitrogens with one attached hydrogen (secondary N) is 1. The molecule has 2 aromatic heterocycles. The maximum absolute atomic E-state index is 12.1. The molecule has 0 saturated heterocycles. The molecule has 0 radical (unpaired) electrons. The van der Waals surface area contributed by atoms with E-state index in [0.717, 1.165) is 30.5 Å². The summed E-state index contributed by atoms with van der Waals surface area (Å²) < 4.78 is 3.62. The molecule has 0 aromatic carbocycles. The Morgan fingerprint density at radius 2 is 2.35 bits per heavy atom. The molecule has 2 heterocycles. The van der Waals surface area contributed by atoms with Crippen molar-refractivity contribution in [3.05, 3.63) is 35.4 Å². The van der Waals surface area contributed by atoms with Crippen molar-refractivity contribution < 1.29 is 4.79 Å². The molecular weight excluding hydrogens is 254 g/mol. The van der Waals surface area contributed by atoms with Gasteiger partial charge in [-0.2, -0.15) is 10.2 Å². The van der Waals surface area contributed by atoms with Crippen molar-refractivity contribution in [1.82, 2.24) is 24.9 Å². The quantitative estimate of drug-likeness (QED) is 0.911. The van der Waals surface area contributed by atoms with Crippen LogP contribution in [0.15, 0.2) is 18.5 Å². The molecule has 1 amide bonds. The van der Waals surface area contributed by atoms with Crippen LogP contribution in [0.3, 0.4) is 0 Å². The van der Waals surface area contributed by atoms with Gasteiger partial charge in [-0.3, -0.25) is 14.2 Å². The first-order valence-electron chi connectivity index (χ1n) is 6.93. The zero-order valence-corrected chi connectivity index (χ0v) is 11.8. The fraction of sp³-hybridized carbons (Fsp3) is 0.500. The minimum Gasteiger partial charge on any atom is -0.348 e. The van der Waals surface area contributed by atoms with Crippen molar-refractivity contribution >= 4 is 5.91 Å². The highest BCUT2D eigenvalue weighted by Gasteiger charge is 2.24. The summed E-state index contributed by atoms with van der Waals surface area (Å²) in [5.74, 6) is -0.00139. The normalized spacial score (nSPS) is 17.8. The number of amides is 1. The number of aryl methyl sites for hydroxylation is 2. The van der Waals surface area contributed by atoms with Crippen LogP contribution < -0.4 is 5.32 Å². The van der Waals surface area contributed by atoms with Crippen molar-refractivity contribution in [2.75, 3.05) is 0 Å². The van der Waals surface area contributed by atoms with Gasteiger partial charge in [-0.25, -0.2) is 0 Å². The lowest BCUT2D eigenvalue weighted by molar-refractivity contribution is -0.122. The summed E-state index contributed by atoms with van der Waals surface area (Å²) in [4.78, 5) is 12.1. The molecule has 106 valence electrons. The van der Waals surface area contributed by atoms with Crippen LogP contribution in [0.4, 0.5) is 0 Å². The third-order valence-corrected chi connectivity index (χ3v) is 3.93. The number of aromatic nitrogens is 4. The average Bonchev–Trinajstić information content (AvgIpc) is 2.98. The van der Waals surface area contributed by atoms with E-state index >= 15 is 0 Å². The van der Waals surface area contributed by atoms with E-state index in [1.54, 1.807) is 10.9 Å². The third kappa shape index (κ3) is 2.33. The van der Waals surface area contributed by atoms with Gasteiger partial charge >= 0.3 is 0 Å². The monoisotopic (exact) mass is 273 g/mol. The lowest BCUT2D eigenvalue weighted by Gasteiger charge is -2.23. The number of nitrogens with zero attached hydrogens (tertiary/aromatic N) is 4. The molecule has 6 nitrogen and oxygen atoms in total. The molecule has 6 heteroatoms. The van der Waals surface area contributed by atoms with Gasteiger partial charge in [-0.05, 0) is 32.3 Å². The standard InChI is InChI=1S/C14H19N5O/c1-10-6-7-15-19(10)9-14(20)17-12-4-3-5-13-11(12)8-16-18(13)2/h6-8,12H,3-5,9H2,1-2H3,(H,17,20)/t12-/m0/s1. The van der Waals surface area contributed by atoms with Crippen molar-refractivity contribution in [1.29, 1.82) is 0 Å². The van der Waals surface area contributed by atoms with Gasteiger partial charge in [-0.15, -0.1) is 0 Å². The molecule has 0 bridgehead atoms. The van der Waals surface area contributed by atoms with E-state index in [0.29, 0.717) is 0 Å². The van der Waals surface area contributed by atoms with Crippen LogP contribution >= 0.6 is 0 Å². The molecule has 1 aliphatic rings. The molecule has 0 spiro atoms. The number of rotatable bonds is 3. The van der Waals surface area contributed by atoms with Gasteiger partial charge < -0.3 is 5.32 Å². The minimum absolute atomic E-state index is 0.00139. The second kappa shape index (κ2) is 5.11. The summed E-state index contributed by atoms with van der Waals surface area (Å²) in [7, 11) is 1.95. The van der Waals surface area contributed by atoms with E-state index < -0.39 is 0 Å². The molecule has 1 atom stereocenters. The highest BCUT2D eigenvalue weighted by molar-refractivity contribution is 5.76. The second-order valence-electron chi connectivity index (χ2n) is 5.31. The topological polar surface area (TPSA) is 64.7 Å². The molecule has 0 unspecified atom stereocenters. The van der Waals surface area contributed by atoms with Gasteiger partial charge in [-0.1, -0.05) is 0 Å². The molecule has 0 saturated carbocycles. The number of carbonyl (C=O) groups is 1. The SMILES string of the molecule is Cc1ccnn1CC(=O)N[C@H]1CCCc2c1cnn2C. The molecule has 0 fully saturated rings. The molecule has 2 aromatic rings. The molecular formula is C14H19N5O. The van der Waals surface area contributed by atoms with Gasteiger partial charge in [0.25, 0.3) is 0 Å². The molecule has 0 aliphatic heterocycles. The summed E-state index contributed by atoms with van der Waals surface area (Å²) in [6, 6.07) is 1.98.